The highest BCUT2D eigenvalue weighted by molar-refractivity contribution is 5.00. The zero-order valence-corrected chi connectivity index (χ0v) is 8.35. The number of β-amino-alcohol motifs (C(OH)–C–C–N with tert-alkyl or cyclic N) is 1. The van der Waals surface area contributed by atoms with E-state index in [-0.39, 0.29) is 0 Å². The van der Waals surface area contributed by atoms with Crippen molar-refractivity contribution in [3.63, 3.8) is 0 Å². The molecular weight excluding hydrogens is 178 g/mol. The van der Waals surface area contributed by atoms with E-state index in [1.54, 1.807) is 18.6 Å². The molecule has 0 atom stereocenters. The SMILES string of the molecule is CCC1(O)CN(Cc2cnccn2)C1. The third-order valence-corrected chi connectivity index (χ3v) is 2.70. The fourth-order valence-corrected chi connectivity index (χ4v) is 1.76. The molecule has 2 heterocycles. The Kier molecular flexibility index (Phi) is 2.48. The molecule has 14 heavy (non-hydrogen) atoms. The Morgan fingerprint density at radius 1 is 1.50 bits per heavy atom. The summed E-state index contributed by atoms with van der Waals surface area (Å²) < 4.78 is 0. The molecule has 1 fully saturated rings. The van der Waals surface area contributed by atoms with Crippen LogP contribution in [0.25, 0.3) is 0 Å². The van der Waals surface area contributed by atoms with Crippen molar-refractivity contribution in [2.24, 2.45) is 0 Å². The molecule has 1 aromatic heterocycles. The molecule has 0 aliphatic carbocycles. The lowest BCUT2D eigenvalue weighted by molar-refractivity contribution is -0.103. The maximum absolute atomic E-state index is 9.79. The van der Waals surface area contributed by atoms with Crippen LogP contribution in [0.2, 0.25) is 0 Å². The van der Waals surface area contributed by atoms with Crippen molar-refractivity contribution >= 4 is 0 Å². The molecule has 0 saturated carbocycles. The minimum absolute atomic E-state index is 0.456. The van der Waals surface area contributed by atoms with E-state index in [0.29, 0.717) is 0 Å². The molecule has 1 N–H and O–H groups in total. The third-order valence-electron chi connectivity index (χ3n) is 2.70. The van der Waals surface area contributed by atoms with Gasteiger partial charge in [-0.15, -0.1) is 0 Å². The fourth-order valence-electron chi connectivity index (χ4n) is 1.76. The molecule has 1 aromatic rings. The maximum atomic E-state index is 9.79. The number of aromatic nitrogens is 2. The van der Waals surface area contributed by atoms with E-state index in [4.69, 9.17) is 0 Å². The summed E-state index contributed by atoms with van der Waals surface area (Å²) in [5.41, 5.74) is 0.507. The number of nitrogens with zero attached hydrogens (tertiary/aromatic N) is 3. The van der Waals surface area contributed by atoms with Crippen LogP contribution in [0.1, 0.15) is 19.0 Å². The zero-order valence-electron chi connectivity index (χ0n) is 8.35. The van der Waals surface area contributed by atoms with Gasteiger partial charge < -0.3 is 5.11 Å². The molecule has 0 radical (unpaired) electrons. The lowest BCUT2D eigenvalue weighted by atomic mass is 9.91. The number of hydrogen-bond acceptors (Lipinski definition) is 4. The van der Waals surface area contributed by atoms with Gasteiger partial charge in [0.05, 0.1) is 11.3 Å². The first-order valence-electron chi connectivity index (χ1n) is 4.91. The Hall–Kier alpha value is -1.00. The monoisotopic (exact) mass is 193 g/mol. The normalized spacial score (nSPS) is 20.4. The summed E-state index contributed by atoms with van der Waals surface area (Å²) in [7, 11) is 0. The molecule has 76 valence electrons. The first kappa shape index (κ1) is 9.55. The minimum atomic E-state index is -0.456. The summed E-state index contributed by atoms with van der Waals surface area (Å²) in [6.45, 7) is 4.30. The predicted molar refractivity (Wildman–Crippen MR) is 52.5 cm³/mol. The van der Waals surface area contributed by atoms with Gasteiger partial charge >= 0.3 is 0 Å². The highest BCUT2D eigenvalue weighted by Crippen LogP contribution is 2.24. The molecule has 4 nitrogen and oxygen atoms in total. The average Bonchev–Trinajstić information content (AvgIpc) is 2.17. The summed E-state index contributed by atoms with van der Waals surface area (Å²) in [5.74, 6) is 0. The van der Waals surface area contributed by atoms with Gasteiger partial charge in [0.1, 0.15) is 0 Å². The first-order chi connectivity index (χ1) is 6.72. The molecule has 1 saturated heterocycles. The quantitative estimate of drug-likeness (QED) is 0.756. The van der Waals surface area contributed by atoms with Crippen molar-refractivity contribution in [2.75, 3.05) is 13.1 Å². The molecule has 0 unspecified atom stereocenters. The molecule has 1 aliphatic heterocycles. The van der Waals surface area contributed by atoms with Crippen LogP contribution >= 0.6 is 0 Å². The van der Waals surface area contributed by atoms with Crippen molar-refractivity contribution in [3.05, 3.63) is 24.3 Å². The van der Waals surface area contributed by atoms with Gasteiger partial charge in [0, 0.05) is 38.2 Å². The van der Waals surface area contributed by atoms with E-state index in [0.717, 1.165) is 31.7 Å². The van der Waals surface area contributed by atoms with Gasteiger partial charge in [-0.2, -0.15) is 0 Å². The molecule has 0 aromatic carbocycles. The van der Waals surface area contributed by atoms with Crippen LogP contribution in [-0.2, 0) is 6.54 Å². The second-order valence-corrected chi connectivity index (χ2v) is 3.92. The highest BCUT2D eigenvalue weighted by Gasteiger charge is 2.39. The highest BCUT2D eigenvalue weighted by atomic mass is 16.3. The third kappa shape index (κ3) is 1.91. The fraction of sp³-hybridized carbons (Fsp3) is 0.600. The van der Waals surface area contributed by atoms with Crippen LogP contribution in [-0.4, -0.2) is 38.7 Å². The van der Waals surface area contributed by atoms with Crippen LogP contribution < -0.4 is 0 Å². The van der Waals surface area contributed by atoms with Gasteiger partial charge in [-0.1, -0.05) is 6.92 Å². The number of aliphatic hydroxyl groups is 1. The van der Waals surface area contributed by atoms with Gasteiger partial charge in [-0.25, -0.2) is 0 Å². The van der Waals surface area contributed by atoms with E-state index in [1.807, 2.05) is 6.92 Å². The van der Waals surface area contributed by atoms with Crippen molar-refractivity contribution in [1.29, 1.82) is 0 Å². The Balaban J connectivity index is 1.85. The van der Waals surface area contributed by atoms with E-state index < -0.39 is 5.60 Å². The number of likely N-dealkylation sites (tertiary alicyclic amines) is 1. The molecule has 0 amide bonds. The smallest absolute Gasteiger partial charge is 0.0897 e. The van der Waals surface area contributed by atoms with Crippen molar-refractivity contribution in [1.82, 2.24) is 14.9 Å². The molecular formula is C10H15N3O. The standard InChI is InChI=1S/C10H15N3O/c1-2-10(14)7-13(8-10)6-9-5-11-3-4-12-9/h3-5,14H,2,6-8H2,1H3. The largest absolute Gasteiger partial charge is 0.387 e. The van der Waals surface area contributed by atoms with Gasteiger partial charge in [-0.3, -0.25) is 14.9 Å². The van der Waals surface area contributed by atoms with Crippen LogP contribution in [0.5, 0.6) is 0 Å². The molecule has 0 spiro atoms. The van der Waals surface area contributed by atoms with Gasteiger partial charge in [0.15, 0.2) is 0 Å². The second kappa shape index (κ2) is 3.63. The van der Waals surface area contributed by atoms with Crippen LogP contribution in [0.3, 0.4) is 0 Å². The van der Waals surface area contributed by atoms with E-state index >= 15 is 0 Å². The molecule has 1 aliphatic rings. The summed E-state index contributed by atoms with van der Waals surface area (Å²) in [4.78, 5) is 10.4. The van der Waals surface area contributed by atoms with Gasteiger partial charge in [-0.05, 0) is 6.42 Å². The van der Waals surface area contributed by atoms with Crippen LogP contribution in [0.4, 0.5) is 0 Å². The first-order valence-corrected chi connectivity index (χ1v) is 4.91. The lowest BCUT2D eigenvalue weighted by Crippen LogP contribution is -2.60. The van der Waals surface area contributed by atoms with Gasteiger partial charge in [0.2, 0.25) is 0 Å². The second-order valence-electron chi connectivity index (χ2n) is 3.92. The van der Waals surface area contributed by atoms with Crippen LogP contribution in [0, 0.1) is 0 Å². The minimum Gasteiger partial charge on any atom is -0.387 e. The summed E-state index contributed by atoms with van der Waals surface area (Å²) in [5, 5.41) is 9.79. The lowest BCUT2D eigenvalue weighted by Gasteiger charge is -2.45. The summed E-state index contributed by atoms with van der Waals surface area (Å²) in [6.07, 6.45) is 5.95. The van der Waals surface area contributed by atoms with Crippen LogP contribution in [0.15, 0.2) is 18.6 Å². The summed E-state index contributed by atoms with van der Waals surface area (Å²) >= 11 is 0. The molecule has 2 rings (SSSR count). The Morgan fingerprint density at radius 3 is 2.86 bits per heavy atom. The Bertz CT molecular complexity index is 295. The van der Waals surface area contributed by atoms with E-state index in [9.17, 15) is 5.11 Å². The predicted octanol–water partition coefficient (Wildman–Crippen LogP) is 0.433. The summed E-state index contributed by atoms with van der Waals surface area (Å²) in [6, 6.07) is 0. The maximum Gasteiger partial charge on any atom is 0.0897 e. The number of hydrogen-bond donors (Lipinski definition) is 1. The van der Waals surface area contributed by atoms with E-state index in [2.05, 4.69) is 14.9 Å². The Morgan fingerprint density at radius 2 is 2.29 bits per heavy atom. The molecule has 4 heteroatoms. The molecule has 0 bridgehead atoms. The topological polar surface area (TPSA) is 49.2 Å². The van der Waals surface area contributed by atoms with Crippen molar-refractivity contribution in [3.8, 4) is 0 Å². The zero-order chi connectivity index (χ0) is 10.0. The number of rotatable bonds is 3. The van der Waals surface area contributed by atoms with Crippen molar-refractivity contribution in [2.45, 2.75) is 25.5 Å². The van der Waals surface area contributed by atoms with Gasteiger partial charge in [0.25, 0.3) is 0 Å². The van der Waals surface area contributed by atoms with Crippen molar-refractivity contribution < 1.29 is 5.11 Å². The average molecular weight is 193 g/mol. The Labute approximate surface area is 83.6 Å². The van der Waals surface area contributed by atoms with E-state index in [1.165, 1.54) is 0 Å².